The van der Waals surface area contributed by atoms with Gasteiger partial charge in [-0.25, -0.2) is 4.98 Å². The van der Waals surface area contributed by atoms with Crippen molar-refractivity contribution in [1.29, 1.82) is 0 Å². The van der Waals surface area contributed by atoms with Crippen molar-refractivity contribution in [1.82, 2.24) is 4.98 Å². The van der Waals surface area contributed by atoms with Gasteiger partial charge in [0.15, 0.2) is 0 Å². The number of thiazole rings is 1. The molecule has 0 aliphatic heterocycles. The highest BCUT2D eigenvalue weighted by atomic mass is 79.9. The maximum atomic E-state index is 13.6. The van der Waals surface area contributed by atoms with Crippen LogP contribution in [0.2, 0.25) is 5.02 Å². The third kappa shape index (κ3) is 4.25. The zero-order chi connectivity index (χ0) is 22.2. The Morgan fingerprint density at radius 1 is 0.969 bits per heavy atom. The molecule has 0 fully saturated rings. The number of thiophene rings is 1. The number of benzene rings is 3. The molecule has 2 aromatic heterocycles. The number of amides is 1. The first-order valence-electron chi connectivity index (χ1n) is 9.37. The summed E-state index contributed by atoms with van der Waals surface area (Å²) in [5.74, 6) is -0.317. The van der Waals surface area contributed by atoms with Crippen molar-refractivity contribution in [2.45, 2.75) is 0 Å². The van der Waals surface area contributed by atoms with Crippen LogP contribution in [0.5, 0.6) is 0 Å². The molecule has 0 aliphatic rings. The molecule has 5 rings (SSSR count). The number of fused-ring (bicyclic) bond motifs is 2. The summed E-state index contributed by atoms with van der Waals surface area (Å²) in [7, 11) is 0. The van der Waals surface area contributed by atoms with Crippen molar-refractivity contribution in [2.24, 2.45) is 5.10 Å². The van der Waals surface area contributed by atoms with Crippen molar-refractivity contribution in [3.05, 3.63) is 91.1 Å². The van der Waals surface area contributed by atoms with Crippen LogP contribution in [0.3, 0.4) is 0 Å². The van der Waals surface area contributed by atoms with Crippen LogP contribution in [0.4, 0.5) is 5.13 Å². The number of nitrogens with zero attached hydrogens (tertiary/aromatic N) is 3. The van der Waals surface area contributed by atoms with E-state index in [1.54, 1.807) is 6.21 Å². The Morgan fingerprint density at radius 2 is 1.72 bits per heavy atom. The van der Waals surface area contributed by atoms with Gasteiger partial charge in [0.1, 0.15) is 4.88 Å². The van der Waals surface area contributed by atoms with E-state index in [0.717, 1.165) is 34.8 Å². The second-order valence-corrected chi connectivity index (χ2v) is 11.0. The fourth-order valence-corrected chi connectivity index (χ4v) is 6.26. The molecule has 9 heteroatoms. The second-order valence-electron chi connectivity index (χ2n) is 6.76. The van der Waals surface area contributed by atoms with E-state index in [1.165, 1.54) is 27.7 Å². The molecule has 5 aromatic rings. The second kappa shape index (κ2) is 9.03. The highest BCUT2D eigenvalue weighted by Crippen LogP contribution is 2.38. The van der Waals surface area contributed by atoms with Gasteiger partial charge in [0, 0.05) is 19.0 Å². The molecular formula is C23H12Br2ClN3OS2. The quantitative estimate of drug-likeness (QED) is 0.153. The zero-order valence-electron chi connectivity index (χ0n) is 16.1. The Morgan fingerprint density at radius 3 is 2.50 bits per heavy atom. The molecule has 32 heavy (non-hydrogen) atoms. The lowest BCUT2D eigenvalue weighted by atomic mass is 10.2. The van der Waals surface area contributed by atoms with Gasteiger partial charge in [-0.15, -0.1) is 11.3 Å². The van der Waals surface area contributed by atoms with Crippen LogP contribution in [0.25, 0.3) is 20.3 Å². The van der Waals surface area contributed by atoms with Gasteiger partial charge in [-0.1, -0.05) is 85.1 Å². The molecule has 4 nitrogen and oxygen atoms in total. The molecule has 2 heterocycles. The first-order chi connectivity index (χ1) is 15.5. The molecule has 0 atom stereocenters. The molecular weight excluding hydrogens is 594 g/mol. The topological polar surface area (TPSA) is 45.6 Å². The lowest BCUT2D eigenvalue weighted by Gasteiger charge is -2.13. The number of aromatic nitrogens is 1. The SMILES string of the molecule is O=C(c1sc2ccccc2c1Cl)N(/N=C/c1ccc(Br)cc1)c1nc2ccc(Br)cc2s1. The van der Waals surface area contributed by atoms with Crippen LogP contribution in [0.15, 0.2) is 80.8 Å². The molecule has 0 aliphatic carbocycles. The van der Waals surface area contributed by atoms with E-state index >= 15 is 0 Å². The highest BCUT2D eigenvalue weighted by Gasteiger charge is 2.26. The summed E-state index contributed by atoms with van der Waals surface area (Å²) in [6, 6.07) is 21.2. The summed E-state index contributed by atoms with van der Waals surface area (Å²) in [6.45, 7) is 0. The van der Waals surface area contributed by atoms with E-state index in [1.807, 2.05) is 66.7 Å². The Bertz CT molecular complexity index is 1490. The minimum Gasteiger partial charge on any atom is -0.266 e. The van der Waals surface area contributed by atoms with E-state index in [4.69, 9.17) is 11.6 Å². The lowest BCUT2D eigenvalue weighted by Crippen LogP contribution is -2.25. The van der Waals surface area contributed by atoms with Crippen LogP contribution >= 0.6 is 66.1 Å². The zero-order valence-corrected chi connectivity index (χ0v) is 21.7. The largest absolute Gasteiger partial charge is 0.292 e. The van der Waals surface area contributed by atoms with E-state index in [-0.39, 0.29) is 5.91 Å². The number of carbonyl (C=O) groups excluding carboxylic acids is 1. The van der Waals surface area contributed by atoms with Crippen molar-refractivity contribution in [3.63, 3.8) is 0 Å². The van der Waals surface area contributed by atoms with Gasteiger partial charge < -0.3 is 0 Å². The van der Waals surface area contributed by atoms with Crippen LogP contribution in [0, 0.1) is 0 Å². The Labute approximate surface area is 213 Å². The summed E-state index contributed by atoms with van der Waals surface area (Å²) < 4.78 is 3.82. The molecule has 0 radical (unpaired) electrons. The summed E-state index contributed by atoms with van der Waals surface area (Å²) in [6.07, 6.45) is 1.65. The lowest BCUT2D eigenvalue weighted by molar-refractivity contribution is 0.0992. The summed E-state index contributed by atoms with van der Waals surface area (Å²) in [5, 5.41) is 7.62. The van der Waals surface area contributed by atoms with Gasteiger partial charge >= 0.3 is 0 Å². The molecule has 0 N–H and O–H groups in total. The van der Waals surface area contributed by atoms with Crippen LogP contribution in [-0.4, -0.2) is 17.1 Å². The van der Waals surface area contributed by atoms with Gasteiger partial charge in [0.25, 0.3) is 5.91 Å². The number of anilines is 1. The Hall–Kier alpha value is -2.10. The maximum Gasteiger partial charge on any atom is 0.292 e. The number of hydrogen-bond donors (Lipinski definition) is 0. The van der Waals surface area contributed by atoms with Crippen molar-refractivity contribution in [3.8, 4) is 0 Å². The minimum atomic E-state index is -0.317. The first kappa shape index (κ1) is 21.7. The van der Waals surface area contributed by atoms with Crippen molar-refractivity contribution < 1.29 is 4.79 Å². The molecule has 1 amide bonds. The molecule has 0 saturated heterocycles. The van der Waals surface area contributed by atoms with Gasteiger partial charge in [-0.05, 0) is 42.0 Å². The molecule has 158 valence electrons. The average molecular weight is 606 g/mol. The first-order valence-corrected chi connectivity index (χ1v) is 13.0. The summed E-state index contributed by atoms with van der Waals surface area (Å²) in [4.78, 5) is 18.7. The molecule has 0 bridgehead atoms. The number of halogens is 3. The van der Waals surface area contributed by atoms with Crippen LogP contribution < -0.4 is 5.01 Å². The standard InChI is InChI=1S/C23H12Br2ClN3OS2/c24-14-7-5-13(6-8-14)12-27-29(23-28-17-10-9-15(25)11-19(17)32-23)22(30)21-20(26)16-3-1-2-4-18(16)31-21/h1-12H/b27-12+. The highest BCUT2D eigenvalue weighted by molar-refractivity contribution is 9.10. The average Bonchev–Trinajstić information content (AvgIpc) is 3.36. The minimum absolute atomic E-state index is 0.317. The van der Waals surface area contributed by atoms with Crippen molar-refractivity contribution in [2.75, 3.05) is 5.01 Å². The summed E-state index contributed by atoms with van der Waals surface area (Å²) in [5.41, 5.74) is 1.66. The van der Waals surface area contributed by atoms with Gasteiger partial charge in [0.2, 0.25) is 5.13 Å². The van der Waals surface area contributed by atoms with Crippen molar-refractivity contribution >= 4 is 104 Å². The smallest absolute Gasteiger partial charge is 0.266 e. The van der Waals surface area contributed by atoms with E-state index in [0.29, 0.717) is 15.0 Å². The predicted octanol–water partition coefficient (Wildman–Crippen LogP) is 8.37. The van der Waals surface area contributed by atoms with E-state index < -0.39 is 0 Å². The third-order valence-electron chi connectivity index (χ3n) is 4.63. The van der Waals surface area contributed by atoms with E-state index in [2.05, 4.69) is 41.9 Å². The normalized spacial score (nSPS) is 11.6. The van der Waals surface area contributed by atoms with Gasteiger partial charge in [-0.2, -0.15) is 10.1 Å². The van der Waals surface area contributed by atoms with Gasteiger partial charge in [-0.3, -0.25) is 4.79 Å². The maximum absolute atomic E-state index is 13.6. The monoisotopic (exact) mass is 603 g/mol. The predicted molar refractivity (Wildman–Crippen MR) is 143 cm³/mol. The summed E-state index contributed by atoms with van der Waals surface area (Å²) >= 11 is 16.3. The number of hydrazone groups is 1. The van der Waals surface area contributed by atoms with Crippen LogP contribution in [-0.2, 0) is 0 Å². The number of carbonyl (C=O) groups is 1. The molecule has 0 unspecified atom stereocenters. The Balaban J connectivity index is 1.61. The Kier molecular flexibility index (Phi) is 6.14. The molecule has 0 spiro atoms. The fraction of sp³-hybridized carbons (Fsp3) is 0. The van der Waals surface area contributed by atoms with Crippen LogP contribution in [0.1, 0.15) is 15.2 Å². The van der Waals surface area contributed by atoms with Gasteiger partial charge in [0.05, 0.1) is 21.5 Å². The third-order valence-corrected chi connectivity index (χ3v) is 8.31. The number of hydrogen-bond acceptors (Lipinski definition) is 5. The fourth-order valence-electron chi connectivity index (χ4n) is 3.09. The van der Waals surface area contributed by atoms with E-state index in [9.17, 15) is 4.79 Å². The molecule has 3 aromatic carbocycles. The number of rotatable bonds is 4. The molecule has 0 saturated carbocycles.